The number of aromatic nitrogens is 2. The minimum Gasteiger partial charge on any atom is -0.330 e. The minimum absolute atomic E-state index is 0.284. The van der Waals surface area contributed by atoms with E-state index in [-0.39, 0.29) is 4.90 Å². The summed E-state index contributed by atoms with van der Waals surface area (Å²) < 4.78 is 40.1. The summed E-state index contributed by atoms with van der Waals surface area (Å²) in [5, 5.41) is 4.32. The second-order valence-electron chi connectivity index (χ2n) is 5.12. The third-order valence-electron chi connectivity index (χ3n) is 3.62. The van der Waals surface area contributed by atoms with Crippen LogP contribution < -0.4 is 5.73 Å². The first-order valence-corrected chi connectivity index (χ1v) is 9.90. The molecule has 1 fully saturated rings. The third-order valence-corrected chi connectivity index (χ3v) is 7.05. The zero-order valence-electron chi connectivity index (χ0n) is 12.4. The van der Waals surface area contributed by atoms with Crippen LogP contribution in [0.15, 0.2) is 4.90 Å². The molecule has 0 saturated carbocycles. The van der Waals surface area contributed by atoms with Gasteiger partial charge in [0.05, 0.1) is 11.4 Å². The molecule has 0 atom stereocenters. The molecular weight excluding hydrogens is 312 g/mol. The Kier molecular flexibility index (Phi) is 5.18. The van der Waals surface area contributed by atoms with Crippen molar-refractivity contribution in [2.45, 2.75) is 31.7 Å². The van der Waals surface area contributed by atoms with Crippen LogP contribution in [0.5, 0.6) is 0 Å². The summed E-state index contributed by atoms with van der Waals surface area (Å²) in [5.41, 5.74) is 6.65. The Balaban J connectivity index is 2.31. The number of sulfonamides is 1. The molecule has 120 valence electrons. The third kappa shape index (κ3) is 3.36. The smallest absolute Gasteiger partial charge is 0.246 e. The largest absolute Gasteiger partial charge is 0.330 e. The Morgan fingerprint density at radius 1 is 1.29 bits per heavy atom. The van der Waals surface area contributed by atoms with Gasteiger partial charge in [0.25, 0.3) is 0 Å². The van der Waals surface area contributed by atoms with Crippen molar-refractivity contribution in [3.05, 3.63) is 11.4 Å². The Hall–Kier alpha value is -0.770. The van der Waals surface area contributed by atoms with Crippen molar-refractivity contribution >= 4 is 20.8 Å². The van der Waals surface area contributed by atoms with Crippen LogP contribution in [-0.2, 0) is 27.4 Å². The molecule has 9 heteroatoms. The van der Waals surface area contributed by atoms with E-state index in [0.29, 0.717) is 49.1 Å². The summed E-state index contributed by atoms with van der Waals surface area (Å²) in [6.45, 7) is 5.25. The molecule has 1 aromatic rings. The van der Waals surface area contributed by atoms with Gasteiger partial charge in [0.15, 0.2) is 0 Å². The van der Waals surface area contributed by atoms with E-state index >= 15 is 0 Å². The van der Waals surface area contributed by atoms with Crippen molar-refractivity contribution in [2.75, 3.05) is 31.1 Å². The highest BCUT2D eigenvalue weighted by atomic mass is 32.2. The second-order valence-corrected chi connectivity index (χ2v) is 8.69. The number of nitrogens with two attached hydrogens (primary N) is 1. The molecule has 0 aliphatic carbocycles. The maximum absolute atomic E-state index is 12.8. The molecule has 1 saturated heterocycles. The van der Waals surface area contributed by atoms with Gasteiger partial charge in [-0.05, 0) is 26.8 Å². The van der Waals surface area contributed by atoms with Crippen molar-refractivity contribution in [3.63, 3.8) is 0 Å². The molecule has 1 aromatic heterocycles. The van der Waals surface area contributed by atoms with Gasteiger partial charge in [-0.15, -0.1) is 0 Å². The van der Waals surface area contributed by atoms with E-state index < -0.39 is 20.8 Å². The maximum Gasteiger partial charge on any atom is 0.246 e. The van der Waals surface area contributed by atoms with Gasteiger partial charge in [-0.2, -0.15) is 9.40 Å². The first-order valence-electron chi connectivity index (χ1n) is 6.97. The van der Waals surface area contributed by atoms with Gasteiger partial charge in [0, 0.05) is 41.9 Å². The summed E-state index contributed by atoms with van der Waals surface area (Å²) in [6.07, 6.45) is 0.754. The van der Waals surface area contributed by atoms with E-state index in [4.69, 9.17) is 5.73 Å². The van der Waals surface area contributed by atoms with Crippen LogP contribution in [0.25, 0.3) is 0 Å². The zero-order valence-corrected chi connectivity index (χ0v) is 14.0. The fourth-order valence-corrected chi connectivity index (χ4v) is 5.60. The molecule has 7 nitrogen and oxygen atoms in total. The van der Waals surface area contributed by atoms with E-state index in [1.807, 2.05) is 0 Å². The van der Waals surface area contributed by atoms with Gasteiger partial charge >= 0.3 is 0 Å². The molecule has 21 heavy (non-hydrogen) atoms. The fraction of sp³-hybridized carbons (Fsp3) is 0.750. The molecule has 0 unspecified atom stereocenters. The van der Waals surface area contributed by atoms with Gasteiger partial charge in [0.2, 0.25) is 10.0 Å². The summed E-state index contributed by atoms with van der Waals surface area (Å²) in [7, 11) is -4.47. The molecule has 0 radical (unpaired) electrons. The summed E-state index contributed by atoms with van der Waals surface area (Å²) in [5.74, 6) is 0.803. The first kappa shape index (κ1) is 16.6. The quantitative estimate of drug-likeness (QED) is 0.790. The summed E-state index contributed by atoms with van der Waals surface area (Å²) in [4.78, 5) is 0.284. The number of nitrogens with zero attached hydrogens (tertiary/aromatic N) is 3. The molecule has 2 rings (SSSR count). The van der Waals surface area contributed by atoms with Crippen LogP contribution >= 0.6 is 0 Å². The number of hydrogen-bond acceptors (Lipinski definition) is 5. The fourth-order valence-electron chi connectivity index (χ4n) is 2.50. The van der Waals surface area contributed by atoms with Crippen LogP contribution in [0.2, 0.25) is 0 Å². The lowest BCUT2D eigenvalue weighted by molar-refractivity contribution is 0.437. The SMILES string of the molecule is Cc1nn(CCCN)c(C)c1S(=O)(=O)N1CCS(=O)CC1. The van der Waals surface area contributed by atoms with E-state index in [1.165, 1.54) is 4.31 Å². The van der Waals surface area contributed by atoms with Gasteiger partial charge in [-0.1, -0.05) is 0 Å². The zero-order chi connectivity index (χ0) is 15.6. The lowest BCUT2D eigenvalue weighted by Crippen LogP contribution is -2.42. The Bertz CT molecular complexity index is 629. The van der Waals surface area contributed by atoms with E-state index in [1.54, 1.807) is 18.5 Å². The van der Waals surface area contributed by atoms with Crippen LogP contribution in [0.3, 0.4) is 0 Å². The van der Waals surface area contributed by atoms with Gasteiger partial charge in [-0.25, -0.2) is 8.42 Å². The Labute approximate surface area is 128 Å². The van der Waals surface area contributed by atoms with Crippen molar-refractivity contribution in [2.24, 2.45) is 5.73 Å². The van der Waals surface area contributed by atoms with Crippen molar-refractivity contribution in [1.29, 1.82) is 0 Å². The minimum atomic E-state index is -3.57. The van der Waals surface area contributed by atoms with Crippen LogP contribution in [0, 0.1) is 13.8 Å². The molecule has 1 aliphatic heterocycles. The predicted octanol–water partition coefficient (Wildman–Crippen LogP) is -0.398. The molecule has 2 N–H and O–H groups in total. The van der Waals surface area contributed by atoms with Crippen LogP contribution in [0.1, 0.15) is 17.8 Å². The lowest BCUT2D eigenvalue weighted by Gasteiger charge is -2.25. The van der Waals surface area contributed by atoms with E-state index in [0.717, 1.165) is 6.42 Å². The molecule has 1 aliphatic rings. The molecule has 0 aromatic carbocycles. The number of rotatable bonds is 5. The standard InChI is InChI=1S/C12H22N4O3S2/c1-10-12(11(2)16(14-10)5-3-4-13)21(18,19)15-6-8-20(17)9-7-15/h3-9,13H2,1-2H3. The highest BCUT2D eigenvalue weighted by Gasteiger charge is 2.32. The maximum atomic E-state index is 12.8. The molecule has 2 heterocycles. The highest BCUT2D eigenvalue weighted by Crippen LogP contribution is 2.24. The van der Waals surface area contributed by atoms with Crippen molar-refractivity contribution in [3.8, 4) is 0 Å². The average molecular weight is 334 g/mol. The topological polar surface area (TPSA) is 98.3 Å². The Morgan fingerprint density at radius 3 is 2.48 bits per heavy atom. The van der Waals surface area contributed by atoms with Crippen LogP contribution in [0.4, 0.5) is 0 Å². The first-order chi connectivity index (χ1) is 9.87. The second kappa shape index (κ2) is 6.55. The number of aryl methyl sites for hydroxylation is 2. The van der Waals surface area contributed by atoms with E-state index in [2.05, 4.69) is 5.10 Å². The summed E-state index contributed by atoms with van der Waals surface area (Å²) in [6, 6.07) is 0. The van der Waals surface area contributed by atoms with Crippen molar-refractivity contribution in [1.82, 2.24) is 14.1 Å². The molecular formula is C12H22N4O3S2. The predicted molar refractivity (Wildman–Crippen MR) is 82.0 cm³/mol. The number of hydrogen-bond donors (Lipinski definition) is 1. The van der Waals surface area contributed by atoms with Crippen LogP contribution in [-0.4, -0.2) is 57.9 Å². The van der Waals surface area contributed by atoms with Gasteiger partial charge in [0.1, 0.15) is 4.90 Å². The monoisotopic (exact) mass is 334 g/mol. The highest BCUT2D eigenvalue weighted by molar-refractivity contribution is 7.89. The van der Waals surface area contributed by atoms with Crippen molar-refractivity contribution < 1.29 is 12.6 Å². The van der Waals surface area contributed by atoms with E-state index in [9.17, 15) is 12.6 Å². The average Bonchev–Trinajstić information content (AvgIpc) is 2.72. The lowest BCUT2D eigenvalue weighted by atomic mass is 10.4. The molecule has 0 amide bonds. The Morgan fingerprint density at radius 2 is 1.90 bits per heavy atom. The normalized spacial score (nSPS) is 18.2. The van der Waals surface area contributed by atoms with Gasteiger partial charge < -0.3 is 5.73 Å². The summed E-state index contributed by atoms with van der Waals surface area (Å²) >= 11 is 0. The van der Waals surface area contributed by atoms with Gasteiger partial charge in [-0.3, -0.25) is 8.89 Å². The molecule has 0 bridgehead atoms. The molecule has 0 spiro atoms.